The van der Waals surface area contributed by atoms with E-state index < -0.39 is 6.04 Å². The van der Waals surface area contributed by atoms with Gasteiger partial charge in [-0.3, -0.25) is 9.59 Å². The number of carbonyl (C=O) groups is 2. The number of fused-ring (bicyclic) bond motifs is 1. The van der Waals surface area contributed by atoms with Gasteiger partial charge in [0.25, 0.3) is 5.91 Å². The number of hydrogen-bond donors (Lipinski definition) is 2. The van der Waals surface area contributed by atoms with Gasteiger partial charge in [0.1, 0.15) is 11.9 Å². The summed E-state index contributed by atoms with van der Waals surface area (Å²) in [5.41, 5.74) is 4.06. The summed E-state index contributed by atoms with van der Waals surface area (Å²) in [6.07, 6.45) is 0.642. The van der Waals surface area contributed by atoms with Crippen molar-refractivity contribution in [1.82, 2.24) is 9.78 Å². The number of hydrogen-bond acceptors (Lipinski definition) is 3. The molecule has 0 spiro atoms. The molecule has 8 heteroatoms. The molecule has 0 bridgehead atoms. The smallest absolute Gasteiger partial charge is 0.251 e. The number of benzene rings is 2. The number of carbonyl (C=O) groups excluding carboxylic acids is 2. The normalized spacial score (nSPS) is 15.1. The molecule has 1 atom stereocenters. The minimum atomic E-state index is -0.724. The molecule has 1 aliphatic heterocycles. The van der Waals surface area contributed by atoms with Crippen molar-refractivity contribution >= 4 is 46.5 Å². The second kappa shape index (κ2) is 8.13. The second-order valence-electron chi connectivity index (χ2n) is 7.20. The van der Waals surface area contributed by atoms with E-state index in [4.69, 9.17) is 23.2 Å². The topological polar surface area (TPSA) is 76.0 Å². The number of anilines is 2. The maximum absolute atomic E-state index is 12.7. The third-order valence-corrected chi connectivity index (χ3v) is 5.59. The summed E-state index contributed by atoms with van der Waals surface area (Å²) < 4.78 is 1.61. The van der Waals surface area contributed by atoms with Crippen molar-refractivity contribution in [2.45, 2.75) is 32.7 Å². The first-order valence-electron chi connectivity index (χ1n) is 9.61. The van der Waals surface area contributed by atoms with Crippen LogP contribution >= 0.6 is 23.2 Å². The predicted octanol–water partition coefficient (Wildman–Crippen LogP) is 5.25. The summed E-state index contributed by atoms with van der Waals surface area (Å²) in [4.78, 5) is 25.3. The Morgan fingerprint density at radius 1 is 1.20 bits per heavy atom. The fourth-order valence-electron chi connectivity index (χ4n) is 3.62. The molecule has 6 nitrogen and oxygen atoms in total. The molecule has 0 saturated carbocycles. The maximum Gasteiger partial charge on any atom is 0.251 e. The van der Waals surface area contributed by atoms with Gasteiger partial charge in [0.15, 0.2) is 0 Å². The Balaban J connectivity index is 1.63. The number of halogens is 2. The lowest BCUT2D eigenvalue weighted by molar-refractivity contribution is -0.123. The molecule has 2 N–H and O–H groups in total. The van der Waals surface area contributed by atoms with Crippen LogP contribution in [0.15, 0.2) is 42.5 Å². The summed E-state index contributed by atoms with van der Waals surface area (Å²) in [5.74, 6) is 0.0449. The zero-order chi connectivity index (χ0) is 21.4. The van der Waals surface area contributed by atoms with Gasteiger partial charge < -0.3 is 10.6 Å². The molecule has 154 valence electrons. The lowest BCUT2D eigenvalue weighted by Crippen LogP contribution is -2.24. The monoisotopic (exact) mass is 442 g/mol. The van der Waals surface area contributed by atoms with Crippen LogP contribution in [-0.4, -0.2) is 21.6 Å². The Kier molecular flexibility index (Phi) is 5.54. The van der Waals surface area contributed by atoms with Crippen molar-refractivity contribution in [2.24, 2.45) is 0 Å². The van der Waals surface area contributed by atoms with Gasteiger partial charge in [-0.1, -0.05) is 48.3 Å². The molecule has 1 unspecified atom stereocenters. The van der Waals surface area contributed by atoms with Crippen LogP contribution in [0.25, 0.3) is 11.1 Å². The van der Waals surface area contributed by atoms with E-state index in [0.29, 0.717) is 28.0 Å². The van der Waals surface area contributed by atoms with E-state index in [9.17, 15) is 9.59 Å². The minimum Gasteiger partial charge on any atom is -0.326 e. The third-order valence-electron chi connectivity index (χ3n) is 5.12. The molecule has 0 saturated heterocycles. The van der Waals surface area contributed by atoms with E-state index in [2.05, 4.69) is 15.7 Å². The number of aryl methyl sites for hydroxylation is 2. The molecule has 4 rings (SSSR count). The highest BCUT2D eigenvalue weighted by atomic mass is 35.5. The van der Waals surface area contributed by atoms with Gasteiger partial charge in [-0.2, -0.15) is 5.10 Å². The van der Waals surface area contributed by atoms with Gasteiger partial charge in [0.05, 0.1) is 12.1 Å². The fourth-order valence-corrected chi connectivity index (χ4v) is 3.98. The van der Waals surface area contributed by atoms with Crippen molar-refractivity contribution in [1.29, 1.82) is 0 Å². The molecule has 2 aromatic carbocycles. The van der Waals surface area contributed by atoms with Gasteiger partial charge in [-0.25, -0.2) is 4.68 Å². The Morgan fingerprint density at radius 3 is 2.70 bits per heavy atom. The Hall–Kier alpha value is -2.83. The number of aromatic nitrogens is 2. The molecule has 0 fully saturated rings. The quantitative estimate of drug-likeness (QED) is 0.566. The Labute approximate surface area is 184 Å². The number of rotatable bonds is 5. The standard InChI is InChI=1S/C22H20Cl2N4O2/c1-3-16-20(13-5-4-6-14(23)9-13)21-26-22(30)18(28(21)27-16)11-19(29)25-17-10-15(24)8-7-12(17)2/h4-10,18H,3,11H2,1-2H3,(H,25,29)(H,26,30). The van der Waals surface area contributed by atoms with E-state index in [1.54, 1.807) is 22.9 Å². The summed E-state index contributed by atoms with van der Waals surface area (Å²) in [5, 5.41) is 11.5. The van der Waals surface area contributed by atoms with Crippen LogP contribution in [0.2, 0.25) is 10.0 Å². The van der Waals surface area contributed by atoms with E-state index in [-0.39, 0.29) is 18.2 Å². The summed E-state index contributed by atoms with van der Waals surface area (Å²) >= 11 is 12.2. The van der Waals surface area contributed by atoms with Crippen LogP contribution < -0.4 is 10.6 Å². The second-order valence-corrected chi connectivity index (χ2v) is 8.07. The zero-order valence-corrected chi connectivity index (χ0v) is 18.0. The largest absolute Gasteiger partial charge is 0.326 e. The fraction of sp³-hybridized carbons (Fsp3) is 0.227. The Bertz CT molecular complexity index is 1160. The van der Waals surface area contributed by atoms with Crippen LogP contribution in [0.1, 0.15) is 30.6 Å². The molecule has 3 aromatic rings. The lowest BCUT2D eigenvalue weighted by Gasteiger charge is -2.12. The van der Waals surface area contributed by atoms with Crippen LogP contribution in [-0.2, 0) is 16.0 Å². The van der Waals surface area contributed by atoms with Crippen LogP contribution in [0, 0.1) is 6.92 Å². The molecule has 2 amide bonds. The lowest BCUT2D eigenvalue weighted by atomic mass is 10.0. The van der Waals surface area contributed by atoms with E-state index in [1.807, 2.05) is 38.1 Å². The van der Waals surface area contributed by atoms with Gasteiger partial charge in [0.2, 0.25) is 5.91 Å². The van der Waals surface area contributed by atoms with Crippen LogP contribution in [0.3, 0.4) is 0 Å². The summed E-state index contributed by atoms with van der Waals surface area (Å²) in [6.45, 7) is 3.88. The van der Waals surface area contributed by atoms with E-state index in [1.165, 1.54) is 0 Å². The van der Waals surface area contributed by atoms with Gasteiger partial charge in [0, 0.05) is 21.3 Å². The van der Waals surface area contributed by atoms with Crippen molar-refractivity contribution in [3.05, 3.63) is 63.8 Å². The van der Waals surface area contributed by atoms with Gasteiger partial charge >= 0.3 is 0 Å². The molecule has 2 heterocycles. The maximum atomic E-state index is 12.7. The summed E-state index contributed by atoms with van der Waals surface area (Å²) in [7, 11) is 0. The molecular weight excluding hydrogens is 423 g/mol. The predicted molar refractivity (Wildman–Crippen MR) is 119 cm³/mol. The minimum absolute atomic E-state index is 0.0371. The highest BCUT2D eigenvalue weighted by molar-refractivity contribution is 6.31. The number of nitrogens with zero attached hydrogens (tertiary/aromatic N) is 2. The van der Waals surface area contributed by atoms with Crippen LogP contribution in [0.4, 0.5) is 11.5 Å². The molecule has 1 aliphatic rings. The summed E-state index contributed by atoms with van der Waals surface area (Å²) in [6, 6.07) is 12.0. The molecule has 30 heavy (non-hydrogen) atoms. The first-order chi connectivity index (χ1) is 14.4. The van der Waals surface area contributed by atoms with Crippen molar-refractivity contribution in [2.75, 3.05) is 10.6 Å². The van der Waals surface area contributed by atoms with Gasteiger partial charge in [-0.15, -0.1) is 0 Å². The molecule has 1 aromatic heterocycles. The average Bonchev–Trinajstić information content (AvgIpc) is 3.20. The first-order valence-corrected chi connectivity index (χ1v) is 10.4. The number of nitrogens with one attached hydrogen (secondary N) is 2. The zero-order valence-electron chi connectivity index (χ0n) is 16.5. The molecule has 0 aliphatic carbocycles. The van der Waals surface area contributed by atoms with Crippen molar-refractivity contribution < 1.29 is 9.59 Å². The average molecular weight is 443 g/mol. The molecular formula is C22H20Cl2N4O2. The van der Waals surface area contributed by atoms with Crippen molar-refractivity contribution in [3.8, 4) is 11.1 Å². The Morgan fingerprint density at radius 2 is 1.97 bits per heavy atom. The number of amides is 2. The van der Waals surface area contributed by atoms with Crippen LogP contribution in [0.5, 0.6) is 0 Å². The SMILES string of the molecule is CCc1nn2c(c1-c1cccc(Cl)c1)NC(=O)C2CC(=O)Nc1cc(Cl)ccc1C. The van der Waals surface area contributed by atoms with Gasteiger partial charge in [-0.05, 0) is 48.7 Å². The third kappa shape index (κ3) is 3.80. The highest BCUT2D eigenvalue weighted by Gasteiger charge is 2.36. The van der Waals surface area contributed by atoms with E-state index >= 15 is 0 Å². The first kappa shape index (κ1) is 20.4. The molecule has 0 radical (unpaired) electrons. The highest BCUT2D eigenvalue weighted by Crippen LogP contribution is 2.39. The van der Waals surface area contributed by atoms with Crippen molar-refractivity contribution in [3.63, 3.8) is 0 Å². The van der Waals surface area contributed by atoms with E-state index in [0.717, 1.165) is 22.4 Å².